The first kappa shape index (κ1) is 9.77. The molecule has 2 rings (SSSR count). The van der Waals surface area contributed by atoms with E-state index in [-0.39, 0.29) is 11.7 Å². The third kappa shape index (κ3) is 1.59. The number of likely N-dealkylation sites (tertiary alicyclic amines) is 1. The highest BCUT2D eigenvalue weighted by atomic mass is 16.6. The van der Waals surface area contributed by atoms with Crippen LogP contribution in [0, 0.1) is 0 Å². The fourth-order valence-electron chi connectivity index (χ4n) is 2.33. The molecule has 1 spiro atoms. The number of likely N-dealkylation sites (N-methyl/N-ethyl adjacent to an activating group) is 1. The summed E-state index contributed by atoms with van der Waals surface area (Å²) in [6.45, 7) is 6.14. The van der Waals surface area contributed by atoms with Gasteiger partial charge in [-0.3, -0.25) is 0 Å². The van der Waals surface area contributed by atoms with Gasteiger partial charge in [0.05, 0.1) is 6.54 Å². The number of piperidine rings is 1. The van der Waals surface area contributed by atoms with Gasteiger partial charge in [-0.25, -0.2) is 4.79 Å². The van der Waals surface area contributed by atoms with Crippen LogP contribution in [0.2, 0.25) is 0 Å². The number of carbonyl (C=O) groups excluding carboxylic acids is 1. The van der Waals surface area contributed by atoms with Crippen molar-refractivity contribution < 1.29 is 9.53 Å². The lowest BCUT2D eigenvalue weighted by Gasteiger charge is -2.36. The quantitative estimate of drug-likeness (QED) is 0.628. The third-order valence-electron chi connectivity index (χ3n) is 3.36. The summed E-state index contributed by atoms with van der Waals surface area (Å²) in [6, 6.07) is 0. The van der Waals surface area contributed by atoms with Crippen LogP contribution in [0.3, 0.4) is 0 Å². The van der Waals surface area contributed by atoms with Gasteiger partial charge in [0.1, 0.15) is 5.60 Å². The summed E-state index contributed by atoms with van der Waals surface area (Å²) in [7, 11) is 1.81. The monoisotopic (exact) mass is 198 g/mol. The van der Waals surface area contributed by atoms with Crippen LogP contribution in [-0.4, -0.2) is 54.7 Å². The second kappa shape index (κ2) is 3.42. The van der Waals surface area contributed by atoms with Crippen molar-refractivity contribution in [2.45, 2.75) is 25.4 Å². The van der Waals surface area contributed by atoms with Crippen LogP contribution in [0.5, 0.6) is 0 Å². The summed E-state index contributed by atoms with van der Waals surface area (Å²) in [4.78, 5) is 15.4. The van der Waals surface area contributed by atoms with Crippen LogP contribution in [0.15, 0.2) is 0 Å². The molecule has 0 aromatic rings. The lowest BCUT2D eigenvalue weighted by molar-refractivity contribution is 0.00203. The Morgan fingerprint density at radius 1 is 1.43 bits per heavy atom. The van der Waals surface area contributed by atoms with Gasteiger partial charge >= 0.3 is 6.09 Å². The Kier molecular flexibility index (Phi) is 2.39. The van der Waals surface area contributed by atoms with Crippen molar-refractivity contribution in [2.24, 2.45) is 0 Å². The van der Waals surface area contributed by atoms with Crippen LogP contribution in [0.1, 0.15) is 19.8 Å². The Balaban J connectivity index is 1.97. The number of hydrogen-bond acceptors (Lipinski definition) is 3. The van der Waals surface area contributed by atoms with E-state index in [4.69, 9.17) is 4.74 Å². The molecule has 0 atom stereocenters. The molecule has 14 heavy (non-hydrogen) atoms. The van der Waals surface area contributed by atoms with E-state index in [1.54, 1.807) is 4.90 Å². The van der Waals surface area contributed by atoms with Gasteiger partial charge < -0.3 is 14.5 Å². The maximum Gasteiger partial charge on any atom is 0.410 e. The normalized spacial score (nSPS) is 27.0. The predicted octanol–water partition coefficient (Wildman–Crippen LogP) is 0.923. The summed E-state index contributed by atoms with van der Waals surface area (Å²) in [5.74, 6) is 0. The number of carbonyl (C=O) groups is 1. The first-order valence-electron chi connectivity index (χ1n) is 5.32. The summed E-state index contributed by atoms with van der Waals surface area (Å²) in [6.07, 6.45) is 1.81. The molecule has 0 N–H and O–H groups in total. The van der Waals surface area contributed by atoms with E-state index < -0.39 is 0 Å². The van der Waals surface area contributed by atoms with Gasteiger partial charge in [-0.2, -0.15) is 0 Å². The molecule has 0 aliphatic carbocycles. The Bertz CT molecular complexity index is 234. The maximum absolute atomic E-state index is 11.3. The standard InChI is InChI=1S/C10H18N2O2/c1-3-12-6-4-10(5-7-12)8-11(2)9(13)14-10/h3-8H2,1-2H3. The Morgan fingerprint density at radius 3 is 2.50 bits per heavy atom. The fourth-order valence-corrected chi connectivity index (χ4v) is 2.33. The van der Waals surface area contributed by atoms with Crippen molar-refractivity contribution in [1.82, 2.24) is 9.80 Å². The van der Waals surface area contributed by atoms with Gasteiger partial charge in [-0.1, -0.05) is 6.92 Å². The highest BCUT2D eigenvalue weighted by Crippen LogP contribution is 2.32. The van der Waals surface area contributed by atoms with Crippen molar-refractivity contribution >= 4 is 6.09 Å². The minimum atomic E-state index is -0.169. The zero-order valence-electron chi connectivity index (χ0n) is 8.95. The molecule has 2 aliphatic heterocycles. The van der Waals surface area contributed by atoms with Gasteiger partial charge in [0, 0.05) is 33.0 Å². The van der Waals surface area contributed by atoms with E-state index in [1.807, 2.05) is 7.05 Å². The number of amides is 1. The van der Waals surface area contributed by atoms with Crippen molar-refractivity contribution in [3.05, 3.63) is 0 Å². The zero-order chi connectivity index (χ0) is 10.2. The number of nitrogens with zero attached hydrogens (tertiary/aromatic N) is 2. The molecule has 2 saturated heterocycles. The van der Waals surface area contributed by atoms with Gasteiger partial charge in [0.15, 0.2) is 0 Å². The van der Waals surface area contributed by atoms with E-state index in [0.717, 1.165) is 39.0 Å². The molecule has 0 saturated carbocycles. The summed E-state index contributed by atoms with van der Waals surface area (Å²) in [5.41, 5.74) is -0.169. The average Bonchev–Trinajstić information content (AvgIpc) is 2.44. The maximum atomic E-state index is 11.3. The molecule has 80 valence electrons. The minimum absolute atomic E-state index is 0.157. The lowest BCUT2D eigenvalue weighted by Crippen LogP contribution is -2.46. The van der Waals surface area contributed by atoms with Gasteiger partial charge in [-0.15, -0.1) is 0 Å². The van der Waals surface area contributed by atoms with E-state index in [0.29, 0.717) is 0 Å². The second-order valence-electron chi connectivity index (χ2n) is 4.34. The Hall–Kier alpha value is -0.770. The van der Waals surface area contributed by atoms with Gasteiger partial charge in [-0.05, 0) is 6.54 Å². The third-order valence-corrected chi connectivity index (χ3v) is 3.36. The Morgan fingerprint density at radius 2 is 2.07 bits per heavy atom. The largest absolute Gasteiger partial charge is 0.441 e. The van der Waals surface area contributed by atoms with E-state index in [1.165, 1.54) is 0 Å². The first-order chi connectivity index (χ1) is 6.65. The topological polar surface area (TPSA) is 32.8 Å². The second-order valence-corrected chi connectivity index (χ2v) is 4.34. The van der Waals surface area contributed by atoms with Gasteiger partial charge in [0.2, 0.25) is 0 Å². The molecule has 2 heterocycles. The van der Waals surface area contributed by atoms with Crippen molar-refractivity contribution in [2.75, 3.05) is 33.2 Å². The van der Waals surface area contributed by atoms with Crippen LogP contribution >= 0.6 is 0 Å². The molecular weight excluding hydrogens is 180 g/mol. The van der Waals surface area contributed by atoms with Crippen LogP contribution in [-0.2, 0) is 4.74 Å². The number of hydrogen-bond donors (Lipinski definition) is 0. The lowest BCUT2D eigenvalue weighted by atomic mass is 9.91. The van der Waals surface area contributed by atoms with E-state index >= 15 is 0 Å². The minimum Gasteiger partial charge on any atom is -0.441 e. The molecule has 4 heteroatoms. The number of rotatable bonds is 1. The summed E-state index contributed by atoms with van der Waals surface area (Å²) < 4.78 is 5.46. The van der Waals surface area contributed by atoms with Crippen molar-refractivity contribution in [1.29, 1.82) is 0 Å². The van der Waals surface area contributed by atoms with E-state index in [9.17, 15) is 4.79 Å². The molecule has 0 radical (unpaired) electrons. The molecular formula is C10H18N2O2. The zero-order valence-corrected chi connectivity index (χ0v) is 8.95. The van der Waals surface area contributed by atoms with Crippen molar-refractivity contribution in [3.63, 3.8) is 0 Å². The summed E-state index contributed by atoms with van der Waals surface area (Å²) >= 11 is 0. The van der Waals surface area contributed by atoms with Crippen LogP contribution in [0.25, 0.3) is 0 Å². The fraction of sp³-hybridized carbons (Fsp3) is 0.900. The first-order valence-corrected chi connectivity index (χ1v) is 5.32. The summed E-state index contributed by atoms with van der Waals surface area (Å²) in [5, 5.41) is 0. The van der Waals surface area contributed by atoms with Gasteiger partial charge in [0.25, 0.3) is 0 Å². The molecule has 2 aliphatic rings. The molecule has 0 bridgehead atoms. The average molecular weight is 198 g/mol. The highest BCUT2D eigenvalue weighted by molar-refractivity contribution is 5.70. The molecule has 0 aromatic heterocycles. The molecule has 0 aromatic carbocycles. The Labute approximate surface area is 84.8 Å². The highest BCUT2D eigenvalue weighted by Gasteiger charge is 2.45. The van der Waals surface area contributed by atoms with Crippen LogP contribution in [0.4, 0.5) is 4.79 Å². The number of ether oxygens (including phenoxy) is 1. The van der Waals surface area contributed by atoms with E-state index in [2.05, 4.69) is 11.8 Å². The predicted molar refractivity (Wildman–Crippen MR) is 53.2 cm³/mol. The smallest absolute Gasteiger partial charge is 0.410 e. The van der Waals surface area contributed by atoms with Crippen LogP contribution < -0.4 is 0 Å². The molecule has 4 nitrogen and oxygen atoms in total. The SMILES string of the molecule is CCN1CCC2(CC1)CN(C)C(=O)O2. The molecule has 0 unspecified atom stereocenters. The molecule has 1 amide bonds. The molecule has 2 fully saturated rings. The van der Waals surface area contributed by atoms with Crippen molar-refractivity contribution in [3.8, 4) is 0 Å².